The van der Waals surface area contributed by atoms with E-state index in [0.29, 0.717) is 23.5 Å². The van der Waals surface area contributed by atoms with Gasteiger partial charge in [0, 0.05) is 23.5 Å². The van der Waals surface area contributed by atoms with Gasteiger partial charge >= 0.3 is 0 Å². The zero-order valence-electron chi connectivity index (χ0n) is 13.6. The van der Waals surface area contributed by atoms with Crippen molar-refractivity contribution in [1.82, 2.24) is 3.97 Å². The molecule has 25 heavy (non-hydrogen) atoms. The summed E-state index contributed by atoms with van der Waals surface area (Å²) in [6, 6.07) is 16.3. The molecule has 0 saturated carbocycles. The predicted octanol–water partition coefficient (Wildman–Crippen LogP) is 3.35. The van der Waals surface area contributed by atoms with Crippen LogP contribution in [0.4, 0.5) is 0 Å². The van der Waals surface area contributed by atoms with E-state index >= 15 is 0 Å². The third-order valence-corrected chi connectivity index (χ3v) is 5.33. The second-order valence-electron chi connectivity index (χ2n) is 5.33. The van der Waals surface area contributed by atoms with Gasteiger partial charge < -0.3 is 4.74 Å². The van der Waals surface area contributed by atoms with E-state index in [1.807, 2.05) is 6.92 Å². The molecule has 0 amide bonds. The van der Waals surface area contributed by atoms with Crippen molar-refractivity contribution in [3.8, 4) is 5.75 Å². The van der Waals surface area contributed by atoms with Crippen LogP contribution in [0.15, 0.2) is 78.0 Å². The number of aromatic nitrogens is 1. The van der Waals surface area contributed by atoms with Crippen LogP contribution in [0.25, 0.3) is 0 Å². The largest absolute Gasteiger partial charge is 0.494 e. The predicted molar refractivity (Wildman–Crippen MR) is 94.5 cm³/mol. The maximum absolute atomic E-state index is 12.6. The molecule has 128 valence electrons. The van der Waals surface area contributed by atoms with Crippen LogP contribution >= 0.6 is 0 Å². The van der Waals surface area contributed by atoms with Crippen molar-refractivity contribution in [3.63, 3.8) is 0 Å². The Labute approximate surface area is 146 Å². The highest BCUT2D eigenvalue weighted by molar-refractivity contribution is 7.90. The van der Waals surface area contributed by atoms with Crippen molar-refractivity contribution in [2.45, 2.75) is 11.8 Å². The van der Waals surface area contributed by atoms with Gasteiger partial charge in [-0.1, -0.05) is 18.2 Å². The zero-order chi connectivity index (χ0) is 17.9. The van der Waals surface area contributed by atoms with Crippen molar-refractivity contribution in [2.24, 2.45) is 0 Å². The van der Waals surface area contributed by atoms with Gasteiger partial charge in [-0.15, -0.1) is 0 Å². The normalized spacial score (nSPS) is 11.2. The molecule has 0 aliphatic carbocycles. The molecule has 0 unspecified atom stereocenters. The van der Waals surface area contributed by atoms with Crippen LogP contribution < -0.4 is 4.74 Å². The lowest BCUT2D eigenvalue weighted by Gasteiger charge is -2.05. The molecule has 0 fully saturated rings. The fourth-order valence-electron chi connectivity index (χ4n) is 2.41. The Bertz CT molecular complexity index is 974. The molecule has 0 saturated heterocycles. The summed E-state index contributed by atoms with van der Waals surface area (Å²) in [6.45, 7) is 2.43. The zero-order valence-corrected chi connectivity index (χ0v) is 14.4. The number of nitrogens with zero attached hydrogens (tertiary/aromatic N) is 1. The third kappa shape index (κ3) is 3.49. The first-order chi connectivity index (χ1) is 12.0. The van der Waals surface area contributed by atoms with Gasteiger partial charge in [0.2, 0.25) is 0 Å². The monoisotopic (exact) mass is 355 g/mol. The minimum Gasteiger partial charge on any atom is -0.494 e. The lowest BCUT2D eigenvalue weighted by atomic mass is 10.1. The highest BCUT2D eigenvalue weighted by atomic mass is 32.2. The summed E-state index contributed by atoms with van der Waals surface area (Å²) >= 11 is 0. The van der Waals surface area contributed by atoms with Crippen LogP contribution in [0.1, 0.15) is 22.8 Å². The fraction of sp³-hybridized carbons (Fsp3) is 0.105. The molecule has 2 aromatic carbocycles. The summed E-state index contributed by atoms with van der Waals surface area (Å²) in [5.74, 6) is 0.438. The van der Waals surface area contributed by atoms with E-state index in [9.17, 15) is 13.2 Å². The molecule has 0 aliphatic rings. The maximum Gasteiger partial charge on any atom is 0.267 e. The van der Waals surface area contributed by atoms with Crippen molar-refractivity contribution < 1.29 is 17.9 Å². The Morgan fingerprint density at radius 3 is 2.28 bits per heavy atom. The molecule has 3 aromatic rings. The molecule has 0 radical (unpaired) electrons. The molecule has 0 aliphatic heterocycles. The van der Waals surface area contributed by atoms with Crippen molar-refractivity contribution in [3.05, 3.63) is 84.2 Å². The summed E-state index contributed by atoms with van der Waals surface area (Å²) in [6.07, 6.45) is 2.71. The van der Waals surface area contributed by atoms with E-state index in [2.05, 4.69) is 0 Å². The highest BCUT2D eigenvalue weighted by Gasteiger charge is 2.18. The fourth-order valence-corrected chi connectivity index (χ4v) is 3.63. The molecule has 0 N–H and O–H groups in total. The first-order valence-electron chi connectivity index (χ1n) is 7.78. The molecular formula is C19H17NO4S. The molecule has 0 atom stereocenters. The van der Waals surface area contributed by atoms with Crippen LogP contribution in [-0.4, -0.2) is 24.8 Å². The average Bonchev–Trinajstić information content (AvgIpc) is 3.14. The van der Waals surface area contributed by atoms with E-state index in [4.69, 9.17) is 4.74 Å². The first-order valence-corrected chi connectivity index (χ1v) is 9.22. The number of hydrogen-bond acceptors (Lipinski definition) is 4. The van der Waals surface area contributed by atoms with Gasteiger partial charge in [0.1, 0.15) is 5.75 Å². The second-order valence-corrected chi connectivity index (χ2v) is 7.18. The number of benzene rings is 2. The number of rotatable bonds is 6. The Balaban J connectivity index is 1.87. The number of carbonyl (C=O) groups is 1. The number of ether oxygens (including phenoxy) is 1. The Morgan fingerprint density at radius 2 is 1.64 bits per heavy atom. The third-order valence-electron chi connectivity index (χ3n) is 3.68. The van der Waals surface area contributed by atoms with E-state index in [0.717, 1.165) is 3.97 Å². The summed E-state index contributed by atoms with van der Waals surface area (Å²) in [4.78, 5) is 12.7. The molecule has 3 rings (SSSR count). The van der Waals surface area contributed by atoms with Crippen LogP contribution in [0.2, 0.25) is 0 Å². The molecule has 1 heterocycles. The lowest BCUT2D eigenvalue weighted by Crippen LogP contribution is -2.11. The van der Waals surface area contributed by atoms with Gasteiger partial charge in [0.15, 0.2) is 5.78 Å². The topological polar surface area (TPSA) is 65.4 Å². The van der Waals surface area contributed by atoms with E-state index in [-0.39, 0.29) is 10.7 Å². The van der Waals surface area contributed by atoms with Gasteiger partial charge in [0.25, 0.3) is 10.0 Å². The lowest BCUT2D eigenvalue weighted by molar-refractivity contribution is 0.103. The van der Waals surface area contributed by atoms with Crippen molar-refractivity contribution >= 4 is 15.8 Å². The molecule has 5 nitrogen and oxygen atoms in total. The number of hydrogen-bond donors (Lipinski definition) is 0. The van der Waals surface area contributed by atoms with Gasteiger partial charge in [-0.3, -0.25) is 4.79 Å². The molecule has 6 heteroatoms. The van der Waals surface area contributed by atoms with Crippen LogP contribution in [-0.2, 0) is 10.0 Å². The smallest absolute Gasteiger partial charge is 0.267 e. The van der Waals surface area contributed by atoms with Crippen LogP contribution in [0.5, 0.6) is 5.75 Å². The van der Waals surface area contributed by atoms with Gasteiger partial charge in [-0.2, -0.15) is 0 Å². The average molecular weight is 355 g/mol. The summed E-state index contributed by atoms with van der Waals surface area (Å²) < 4.78 is 31.5. The Hall–Kier alpha value is -2.86. The van der Waals surface area contributed by atoms with Crippen molar-refractivity contribution in [1.29, 1.82) is 0 Å². The minimum atomic E-state index is -3.70. The summed E-state index contributed by atoms with van der Waals surface area (Å²) in [5, 5.41) is 0. The Morgan fingerprint density at radius 1 is 0.960 bits per heavy atom. The number of carbonyl (C=O) groups excluding carboxylic acids is 1. The summed E-state index contributed by atoms with van der Waals surface area (Å²) in [5.41, 5.74) is 0.780. The maximum atomic E-state index is 12.6. The SMILES string of the molecule is CCOc1ccc(C(=O)c2ccn(S(=O)(=O)c3ccccc3)c2)cc1. The first kappa shape index (κ1) is 17.0. The standard InChI is InChI=1S/C19H17NO4S/c1-2-24-17-10-8-15(9-11-17)19(21)16-12-13-20(14-16)25(22,23)18-6-4-3-5-7-18/h3-14H,2H2,1H3. The van der Waals surface area contributed by atoms with E-state index in [1.54, 1.807) is 42.5 Å². The Kier molecular flexibility index (Phi) is 4.72. The second kappa shape index (κ2) is 6.94. The van der Waals surface area contributed by atoms with Crippen LogP contribution in [0, 0.1) is 0 Å². The minimum absolute atomic E-state index is 0.172. The van der Waals surface area contributed by atoms with Gasteiger partial charge in [-0.05, 0) is 49.4 Å². The van der Waals surface area contributed by atoms with Gasteiger partial charge in [0.05, 0.1) is 11.5 Å². The van der Waals surface area contributed by atoms with E-state index in [1.165, 1.54) is 30.6 Å². The molecular weight excluding hydrogens is 338 g/mol. The molecule has 0 bridgehead atoms. The quantitative estimate of drug-likeness (QED) is 0.636. The van der Waals surface area contributed by atoms with Crippen LogP contribution in [0.3, 0.4) is 0 Å². The van der Waals surface area contributed by atoms with E-state index < -0.39 is 10.0 Å². The highest BCUT2D eigenvalue weighted by Crippen LogP contribution is 2.18. The van der Waals surface area contributed by atoms with Gasteiger partial charge in [-0.25, -0.2) is 12.4 Å². The molecule has 1 aromatic heterocycles. The molecule has 0 spiro atoms. The number of ketones is 1. The summed E-state index contributed by atoms with van der Waals surface area (Å²) in [7, 11) is -3.70. The van der Waals surface area contributed by atoms with Crippen molar-refractivity contribution in [2.75, 3.05) is 6.61 Å².